The number of aromatic nitrogens is 2. The first kappa shape index (κ1) is 16.5. The van der Waals surface area contributed by atoms with E-state index < -0.39 is 0 Å². The highest BCUT2D eigenvalue weighted by atomic mass is 16.5. The maximum absolute atomic E-state index is 5.97. The number of para-hydroxylation sites is 1. The van der Waals surface area contributed by atoms with Crippen LogP contribution in [0.1, 0.15) is 30.2 Å². The number of furan rings is 1. The molecule has 132 valence electrons. The highest BCUT2D eigenvalue weighted by Crippen LogP contribution is 2.27. The van der Waals surface area contributed by atoms with E-state index in [1.54, 1.807) is 0 Å². The molecule has 0 saturated carbocycles. The molecule has 0 aliphatic heterocycles. The van der Waals surface area contributed by atoms with Crippen molar-refractivity contribution in [3.05, 3.63) is 71.8 Å². The first-order chi connectivity index (χ1) is 12.6. The third kappa shape index (κ3) is 3.13. The van der Waals surface area contributed by atoms with Gasteiger partial charge in [-0.05, 0) is 38.6 Å². The van der Waals surface area contributed by atoms with Crippen molar-refractivity contribution >= 4 is 11.0 Å². The van der Waals surface area contributed by atoms with Crippen molar-refractivity contribution in [2.45, 2.75) is 26.4 Å². The van der Waals surface area contributed by atoms with Gasteiger partial charge in [0.2, 0.25) is 11.7 Å². The zero-order valence-electron chi connectivity index (χ0n) is 15.1. The summed E-state index contributed by atoms with van der Waals surface area (Å²) in [6, 6.07) is 18.2. The van der Waals surface area contributed by atoms with Crippen LogP contribution in [0.15, 0.2) is 63.5 Å². The fourth-order valence-corrected chi connectivity index (χ4v) is 3.03. The predicted molar refractivity (Wildman–Crippen MR) is 101 cm³/mol. The molecule has 2 heterocycles. The molecule has 0 radical (unpaired) electrons. The lowest BCUT2D eigenvalue weighted by atomic mass is 10.1. The molecule has 2 aromatic heterocycles. The lowest BCUT2D eigenvalue weighted by molar-refractivity contribution is 0.198. The number of benzene rings is 2. The van der Waals surface area contributed by atoms with Crippen molar-refractivity contribution in [1.29, 1.82) is 0 Å². The monoisotopic (exact) mass is 347 g/mol. The van der Waals surface area contributed by atoms with E-state index in [2.05, 4.69) is 34.1 Å². The second-order valence-corrected chi connectivity index (χ2v) is 6.60. The number of rotatable bonds is 5. The van der Waals surface area contributed by atoms with Gasteiger partial charge in [-0.25, -0.2) is 0 Å². The molecular formula is C21H21N3O2. The molecule has 4 aromatic rings. The van der Waals surface area contributed by atoms with Crippen LogP contribution < -0.4 is 0 Å². The molecule has 2 aromatic carbocycles. The Labute approximate surface area is 152 Å². The molecule has 26 heavy (non-hydrogen) atoms. The molecule has 0 amide bonds. The summed E-state index contributed by atoms with van der Waals surface area (Å²) >= 11 is 0. The second-order valence-electron chi connectivity index (χ2n) is 6.60. The molecule has 0 aliphatic rings. The van der Waals surface area contributed by atoms with Gasteiger partial charge in [0.1, 0.15) is 11.3 Å². The van der Waals surface area contributed by atoms with Gasteiger partial charge < -0.3 is 8.94 Å². The van der Waals surface area contributed by atoms with Gasteiger partial charge in [0.15, 0.2) is 0 Å². The maximum Gasteiger partial charge on any atom is 0.241 e. The summed E-state index contributed by atoms with van der Waals surface area (Å²) in [6.07, 6.45) is 0. The Morgan fingerprint density at radius 3 is 2.65 bits per heavy atom. The minimum Gasteiger partial charge on any atom is -0.459 e. The van der Waals surface area contributed by atoms with Crippen LogP contribution in [0.2, 0.25) is 0 Å². The van der Waals surface area contributed by atoms with Crippen molar-refractivity contribution < 1.29 is 8.94 Å². The van der Waals surface area contributed by atoms with E-state index in [0.29, 0.717) is 18.3 Å². The van der Waals surface area contributed by atoms with Gasteiger partial charge in [0, 0.05) is 10.9 Å². The predicted octanol–water partition coefficient (Wildman–Crippen LogP) is 4.98. The van der Waals surface area contributed by atoms with Crippen LogP contribution in [0, 0.1) is 6.92 Å². The smallest absolute Gasteiger partial charge is 0.241 e. The molecule has 4 rings (SSSR count). The van der Waals surface area contributed by atoms with Crippen LogP contribution in [-0.4, -0.2) is 22.1 Å². The van der Waals surface area contributed by atoms with Crippen LogP contribution in [0.4, 0.5) is 0 Å². The number of aryl methyl sites for hydroxylation is 1. The summed E-state index contributed by atoms with van der Waals surface area (Å²) in [5.74, 6) is 2.14. The Morgan fingerprint density at radius 2 is 1.85 bits per heavy atom. The quantitative estimate of drug-likeness (QED) is 0.509. The van der Waals surface area contributed by atoms with E-state index in [4.69, 9.17) is 8.94 Å². The summed E-state index contributed by atoms with van der Waals surface area (Å²) in [5, 5.41) is 5.24. The lowest BCUT2D eigenvalue weighted by Crippen LogP contribution is -2.21. The van der Waals surface area contributed by atoms with Crippen LogP contribution in [0.3, 0.4) is 0 Å². The van der Waals surface area contributed by atoms with Gasteiger partial charge in [-0.2, -0.15) is 4.98 Å². The van der Waals surface area contributed by atoms with Gasteiger partial charge in [-0.15, -0.1) is 0 Å². The molecule has 0 aliphatic carbocycles. The van der Waals surface area contributed by atoms with E-state index in [9.17, 15) is 0 Å². The first-order valence-electron chi connectivity index (χ1n) is 8.69. The maximum atomic E-state index is 5.97. The number of hydrogen-bond donors (Lipinski definition) is 0. The third-order valence-corrected chi connectivity index (χ3v) is 4.76. The Kier molecular flexibility index (Phi) is 4.31. The van der Waals surface area contributed by atoms with Crippen LogP contribution in [0.5, 0.6) is 0 Å². The standard InChI is InChI=1S/C21H21N3O2/c1-14-8-4-6-10-17(14)21-22-20(26-23-21)13-24(3)15(2)19-12-16-9-5-7-11-18(16)25-19/h4-12,15H,13H2,1-3H3. The summed E-state index contributed by atoms with van der Waals surface area (Å²) in [5.41, 5.74) is 3.03. The minimum atomic E-state index is 0.0937. The first-order valence-corrected chi connectivity index (χ1v) is 8.69. The highest BCUT2D eigenvalue weighted by molar-refractivity contribution is 5.77. The van der Waals surface area contributed by atoms with E-state index in [1.807, 2.05) is 56.4 Å². The van der Waals surface area contributed by atoms with Crippen LogP contribution in [-0.2, 0) is 6.54 Å². The Morgan fingerprint density at radius 1 is 1.08 bits per heavy atom. The van der Waals surface area contributed by atoms with Crippen molar-refractivity contribution in [3.8, 4) is 11.4 Å². The summed E-state index contributed by atoms with van der Waals surface area (Å²) in [6.45, 7) is 4.70. The topological polar surface area (TPSA) is 55.3 Å². The molecule has 0 spiro atoms. The van der Waals surface area contributed by atoms with Crippen molar-refractivity contribution in [3.63, 3.8) is 0 Å². The Balaban J connectivity index is 1.51. The average Bonchev–Trinajstić information content (AvgIpc) is 3.28. The molecule has 1 atom stereocenters. The summed E-state index contributed by atoms with van der Waals surface area (Å²) in [4.78, 5) is 6.68. The fraction of sp³-hybridized carbons (Fsp3) is 0.238. The lowest BCUT2D eigenvalue weighted by Gasteiger charge is -2.20. The SMILES string of the molecule is Cc1ccccc1-c1noc(CN(C)C(C)c2cc3ccccc3o2)n1. The Hall–Kier alpha value is -2.92. The van der Waals surface area contributed by atoms with Crippen LogP contribution in [0.25, 0.3) is 22.4 Å². The van der Waals surface area contributed by atoms with Gasteiger partial charge in [-0.3, -0.25) is 4.90 Å². The van der Waals surface area contributed by atoms with Crippen molar-refractivity contribution in [2.75, 3.05) is 7.05 Å². The molecular weight excluding hydrogens is 326 g/mol. The molecule has 0 saturated heterocycles. The van der Waals surface area contributed by atoms with E-state index in [0.717, 1.165) is 27.9 Å². The molecule has 0 bridgehead atoms. The molecule has 5 nitrogen and oxygen atoms in total. The summed E-state index contributed by atoms with van der Waals surface area (Å²) < 4.78 is 11.4. The van der Waals surface area contributed by atoms with Crippen molar-refractivity contribution in [2.24, 2.45) is 0 Å². The molecule has 5 heteroatoms. The highest BCUT2D eigenvalue weighted by Gasteiger charge is 2.19. The third-order valence-electron chi connectivity index (χ3n) is 4.76. The van der Waals surface area contributed by atoms with E-state index >= 15 is 0 Å². The van der Waals surface area contributed by atoms with E-state index in [-0.39, 0.29) is 6.04 Å². The summed E-state index contributed by atoms with van der Waals surface area (Å²) in [7, 11) is 2.02. The molecule has 0 fully saturated rings. The number of hydrogen-bond acceptors (Lipinski definition) is 5. The zero-order valence-corrected chi connectivity index (χ0v) is 15.1. The molecule has 1 unspecified atom stereocenters. The van der Waals surface area contributed by atoms with Gasteiger partial charge in [-0.1, -0.05) is 47.6 Å². The van der Waals surface area contributed by atoms with Crippen molar-refractivity contribution in [1.82, 2.24) is 15.0 Å². The zero-order chi connectivity index (χ0) is 18.1. The number of fused-ring (bicyclic) bond motifs is 1. The Bertz CT molecular complexity index is 1000. The minimum absolute atomic E-state index is 0.0937. The van der Waals surface area contributed by atoms with Gasteiger partial charge >= 0.3 is 0 Å². The largest absolute Gasteiger partial charge is 0.459 e. The normalized spacial score (nSPS) is 12.8. The second kappa shape index (κ2) is 6.77. The number of nitrogens with zero attached hydrogens (tertiary/aromatic N) is 3. The van der Waals surface area contributed by atoms with Crippen LogP contribution >= 0.6 is 0 Å². The van der Waals surface area contributed by atoms with Gasteiger partial charge in [0.25, 0.3) is 0 Å². The molecule has 0 N–H and O–H groups in total. The fourth-order valence-electron chi connectivity index (χ4n) is 3.03. The van der Waals surface area contributed by atoms with Gasteiger partial charge in [0.05, 0.1) is 12.6 Å². The average molecular weight is 347 g/mol. The van der Waals surface area contributed by atoms with E-state index in [1.165, 1.54) is 0 Å².